The van der Waals surface area contributed by atoms with Gasteiger partial charge in [0.25, 0.3) is 5.60 Å². The van der Waals surface area contributed by atoms with E-state index < -0.39 is 23.5 Å². The molecule has 0 saturated carbocycles. The predicted molar refractivity (Wildman–Crippen MR) is 85.8 cm³/mol. The smallest absolute Gasteiger partial charge is 0.369 e. The molecule has 0 atom stereocenters. The maximum atomic E-state index is 12.9. The number of rotatable bonds is 4. The lowest BCUT2D eigenvalue weighted by Gasteiger charge is -2.32. The van der Waals surface area contributed by atoms with Crippen molar-refractivity contribution in [2.75, 3.05) is 5.32 Å². The molecule has 26 heavy (non-hydrogen) atoms. The number of benzene rings is 1. The van der Waals surface area contributed by atoms with E-state index in [1.165, 1.54) is 0 Å². The Kier molecular flexibility index (Phi) is 6.23. The van der Waals surface area contributed by atoms with Crippen molar-refractivity contribution in [1.29, 1.82) is 0 Å². The Balaban J connectivity index is 3.26. The molecule has 1 aromatic carbocycles. The molecule has 0 bridgehead atoms. The summed E-state index contributed by atoms with van der Waals surface area (Å²) in [5.41, 5.74) is -0.156. The normalized spacial score (nSPS) is 13.3. The minimum atomic E-state index is -5.92. The third-order valence-electron chi connectivity index (χ3n) is 3.79. The number of aliphatic hydroxyl groups is 1. The van der Waals surface area contributed by atoms with Gasteiger partial charge in [0.1, 0.15) is 0 Å². The molecule has 4 nitrogen and oxygen atoms in total. The molecule has 0 amide bonds. The first-order valence-corrected chi connectivity index (χ1v) is 7.77. The van der Waals surface area contributed by atoms with Crippen molar-refractivity contribution in [2.24, 2.45) is 5.73 Å². The lowest BCUT2D eigenvalue weighted by molar-refractivity contribution is -0.588. The molecule has 0 spiro atoms. The van der Waals surface area contributed by atoms with Crippen molar-refractivity contribution < 1.29 is 36.0 Å². The number of hydrogen-bond acceptors (Lipinski definition) is 1. The van der Waals surface area contributed by atoms with E-state index in [0.717, 1.165) is 12.1 Å². The van der Waals surface area contributed by atoms with Crippen molar-refractivity contribution in [3.05, 3.63) is 29.8 Å². The number of halogens is 6. The van der Waals surface area contributed by atoms with Crippen LogP contribution in [0.3, 0.4) is 0 Å². The molecule has 0 fully saturated rings. The van der Waals surface area contributed by atoms with E-state index in [1.807, 2.05) is 27.7 Å². The fraction of sp³-hybridized carbons (Fsp3) is 0.562. The maximum Gasteiger partial charge on any atom is 0.430 e. The molecule has 0 aliphatic rings. The third kappa shape index (κ3) is 4.22. The first-order chi connectivity index (χ1) is 11.6. The molecule has 10 heteroatoms. The molecular formula is C16H22F6N3O+. The van der Waals surface area contributed by atoms with Crippen LogP contribution in [0.25, 0.3) is 0 Å². The molecule has 0 aromatic heterocycles. The second-order valence-corrected chi connectivity index (χ2v) is 6.39. The van der Waals surface area contributed by atoms with Gasteiger partial charge >= 0.3 is 18.3 Å². The SMILES string of the molecule is CC(C)[N+](=C(N)Nc1ccc(C(O)(C(F)(F)F)C(F)(F)F)cc1)C(C)C. The molecule has 0 aliphatic carbocycles. The van der Waals surface area contributed by atoms with Gasteiger partial charge < -0.3 is 5.11 Å². The van der Waals surface area contributed by atoms with Gasteiger partial charge in [-0.25, -0.2) is 5.32 Å². The van der Waals surface area contributed by atoms with Crippen LogP contribution in [0, 0.1) is 0 Å². The Morgan fingerprint density at radius 2 is 1.31 bits per heavy atom. The summed E-state index contributed by atoms with van der Waals surface area (Å²) in [4.78, 5) is 0. The third-order valence-corrected chi connectivity index (χ3v) is 3.79. The minimum Gasteiger partial charge on any atom is -0.369 e. The Bertz CT molecular complexity index is 623. The predicted octanol–water partition coefficient (Wildman–Crippen LogP) is 3.55. The van der Waals surface area contributed by atoms with E-state index in [-0.39, 0.29) is 23.7 Å². The van der Waals surface area contributed by atoms with Gasteiger partial charge in [0.05, 0.1) is 17.8 Å². The average Bonchev–Trinajstić information content (AvgIpc) is 2.43. The quantitative estimate of drug-likeness (QED) is 0.321. The minimum absolute atomic E-state index is 0.0160. The second kappa shape index (κ2) is 7.34. The van der Waals surface area contributed by atoms with Crippen molar-refractivity contribution in [3.63, 3.8) is 0 Å². The van der Waals surface area contributed by atoms with E-state index in [9.17, 15) is 31.4 Å². The Morgan fingerprint density at radius 1 is 0.923 bits per heavy atom. The summed E-state index contributed by atoms with van der Waals surface area (Å²) >= 11 is 0. The number of alkyl halides is 6. The molecular weight excluding hydrogens is 364 g/mol. The van der Waals surface area contributed by atoms with Crippen molar-refractivity contribution >= 4 is 11.6 Å². The Hall–Kier alpha value is -1.97. The summed E-state index contributed by atoms with van der Waals surface area (Å²) in [6.07, 6.45) is -11.8. The largest absolute Gasteiger partial charge is 0.430 e. The summed E-state index contributed by atoms with van der Waals surface area (Å²) in [6.45, 7) is 7.52. The van der Waals surface area contributed by atoms with Crippen LogP contribution in [-0.4, -0.2) is 40.1 Å². The molecule has 148 valence electrons. The number of nitrogens with one attached hydrogen (secondary N) is 1. The van der Waals surface area contributed by atoms with Gasteiger partial charge in [-0.15, -0.1) is 0 Å². The van der Waals surface area contributed by atoms with Crippen molar-refractivity contribution in [3.8, 4) is 0 Å². The van der Waals surface area contributed by atoms with Crippen LogP contribution in [-0.2, 0) is 5.60 Å². The molecule has 0 aliphatic heterocycles. The highest BCUT2D eigenvalue weighted by Crippen LogP contribution is 2.50. The zero-order chi connectivity index (χ0) is 20.5. The summed E-state index contributed by atoms with van der Waals surface area (Å²) in [5.74, 6) is 0.199. The first kappa shape index (κ1) is 22.1. The monoisotopic (exact) mass is 386 g/mol. The Morgan fingerprint density at radius 3 is 1.62 bits per heavy atom. The summed E-state index contributed by atoms with van der Waals surface area (Å²) in [5, 5.41) is 12.1. The van der Waals surface area contributed by atoms with Gasteiger partial charge in [-0.3, -0.25) is 10.3 Å². The lowest BCUT2D eigenvalue weighted by Crippen LogP contribution is -2.53. The number of nitrogens with zero attached hydrogens (tertiary/aromatic N) is 1. The number of guanidine groups is 1. The van der Waals surface area contributed by atoms with Crippen molar-refractivity contribution in [1.82, 2.24) is 0 Å². The molecule has 1 rings (SSSR count). The van der Waals surface area contributed by atoms with Crippen molar-refractivity contribution in [2.45, 2.75) is 57.7 Å². The van der Waals surface area contributed by atoms with Crippen LogP contribution < -0.4 is 11.1 Å². The standard InChI is InChI=1S/C16H21F6N3O/c1-9(2)25(10(3)4)13(23)24-12-7-5-11(6-8-12)14(26,15(17,18)19)16(20,21)22/h5-10,26H,1-4H3,(H2,23,24)/p+1. The van der Waals surface area contributed by atoms with Gasteiger partial charge in [0.15, 0.2) is 0 Å². The van der Waals surface area contributed by atoms with Crippen LogP contribution in [0.1, 0.15) is 33.3 Å². The zero-order valence-corrected chi connectivity index (χ0v) is 14.7. The van der Waals surface area contributed by atoms with E-state index in [0.29, 0.717) is 12.1 Å². The van der Waals surface area contributed by atoms with Crippen LogP contribution in [0.4, 0.5) is 32.0 Å². The van der Waals surface area contributed by atoms with Gasteiger partial charge in [-0.1, -0.05) is 12.1 Å². The molecule has 0 saturated heterocycles. The van der Waals surface area contributed by atoms with Gasteiger partial charge in [0, 0.05) is 5.56 Å². The fourth-order valence-corrected chi connectivity index (χ4v) is 2.65. The van der Waals surface area contributed by atoms with E-state index in [1.54, 1.807) is 4.58 Å². The maximum absolute atomic E-state index is 12.9. The zero-order valence-electron chi connectivity index (χ0n) is 14.7. The average molecular weight is 386 g/mol. The fourth-order valence-electron chi connectivity index (χ4n) is 2.65. The highest BCUT2D eigenvalue weighted by molar-refractivity contribution is 5.88. The first-order valence-electron chi connectivity index (χ1n) is 7.77. The van der Waals surface area contributed by atoms with Gasteiger partial charge in [-0.2, -0.15) is 26.3 Å². The molecule has 0 radical (unpaired) electrons. The van der Waals surface area contributed by atoms with E-state index in [2.05, 4.69) is 5.32 Å². The van der Waals surface area contributed by atoms with E-state index >= 15 is 0 Å². The highest BCUT2D eigenvalue weighted by atomic mass is 19.4. The molecule has 0 unspecified atom stereocenters. The Labute approximate surface area is 147 Å². The number of nitrogens with two attached hydrogens (primary N) is 1. The molecule has 0 heterocycles. The second-order valence-electron chi connectivity index (χ2n) is 6.39. The summed E-state index contributed by atoms with van der Waals surface area (Å²) < 4.78 is 79.0. The topological polar surface area (TPSA) is 61.3 Å². The van der Waals surface area contributed by atoms with Gasteiger partial charge in [-0.05, 0) is 39.8 Å². The number of anilines is 1. The van der Waals surface area contributed by atoms with E-state index in [4.69, 9.17) is 5.73 Å². The van der Waals surface area contributed by atoms with Crippen LogP contribution >= 0.6 is 0 Å². The van der Waals surface area contributed by atoms with Crippen LogP contribution in [0.15, 0.2) is 24.3 Å². The summed E-state index contributed by atoms with van der Waals surface area (Å²) in [7, 11) is 0. The van der Waals surface area contributed by atoms with Crippen LogP contribution in [0.2, 0.25) is 0 Å². The lowest BCUT2D eigenvalue weighted by atomic mass is 9.92. The van der Waals surface area contributed by atoms with Gasteiger partial charge in [0.2, 0.25) is 0 Å². The van der Waals surface area contributed by atoms with Crippen LogP contribution in [0.5, 0.6) is 0 Å². The highest BCUT2D eigenvalue weighted by Gasteiger charge is 2.71. The number of hydrogen-bond donors (Lipinski definition) is 3. The molecule has 4 N–H and O–H groups in total. The summed E-state index contributed by atoms with van der Waals surface area (Å²) in [6, 6.07) is 3.13. The molecule has 1 aromatic rings.